The SMILES string of the molecule is CCCNCC(C)S(=O)(=O)N(CCOC)C(C)C. The largest absolute Gasteiger partial charge is 0.383 e. The van der Waals surface area contributed by atoms with Gasteiger partial charge in [0.2, 0.25) is 10.0 Å². The van der Waals surface area contributed by atoms with Gasteiger partial charge in [0.1, 0.15) is 0 Å². The molecule has 1 unspecified atom stereocenters. The average molecular weight is 280 g/mol. The van der Waals surface area contributed by atoms with Crippen LogP contribution in [0.1, 0.15) is 34.1 Å². The third-order valence-electron chi connectivity index (χ3n) is 2.79. The third-order valence-corrected chi connectivity index (χ3v) is 5.23. The van der Waals surface area contributed by atoms with E-state index in [-0.39, 0.29) is 6.04 Å². The van der Waals surface area contributed by atoms with Crippen molar-refractivity contribution in [2.24, 2.45) is 0 Å². The van der Waals surface area contributed by atoms with Crippen molar-refractivity contribution in [1.82, 2.24) is 9.62 Å². The van der Waals surface area contributed by atoms with Crippen molar-refractivity contribution in [3.63, 3.8) is 0 Å². The van der Waals surface area contributed by atoms with E-state index < -0.39 is 15.3 Å². The molecule has 5 nitrogen and oxygen atoms in total. The highest BCUT2D eigenvalue weighted by Gasteiger charge is 2.30. The zero-order chi connectivity index (χ0) is 14.2. The van der Waals surface area contributed by atoms with E-state index in [1.165, 1.54) is 4.31 Å². The Balaban J connectivity index is 4.61. The van der Waals surface area contributed by atoms with E-state index in [4.69, 9.17) is 4.74 Å². The Hall–Kier alpha value is -0.170. The standard InChI is InChI=1S/C12H28N2O3S/c1-6-7-13-10-12(4)18(15,16)14(11(2)3)8-9-17-5/h11-13H,6-10H2,1-5H3. The van der Waals surface area contributed by atoms with Crippen LogP contribution in [0.3, 0.4) is 0 Å². The topological polar surface area (TPSA) is 58.6 Å². The van der Waals surface area contributed by atoms with E-state index in [2.05, 4.69) is 12.2 Å². The van der Waals surface area contributed by atoms with Crippen LogP contribution < -0.4 is 5.32 Å². The van der Waals surface area contributed by atoms with E-state index in [0.717, 1.165) is 13.0 Å². The van der Waals surface area contributed by atoms with E-state index in [9.17, 15) is 8.42 Å². The highest BCUT2D eigenvalue weighted by Crippen LogP contribution is 2.12. The minimum absolute atomic E-state index is 0.0428. The van der Waals surface area contributed by atoms with Crippen LogP contribution in [0.2, 0.25) is 0 Å². The fraction of sp³-hybridized carbons (Fsp3) is 1.00. The third kappa shape index (κ3) is 5.65. The maximum Gasteiger partial charge on any atom is 0.218 e. The van der Waals surface area contributed by atoms with Gasteiger partial charge in [-0.05, 0) is 33.7 Å². The summed E-state index contributed by atoms with van der Waals surface area (Å²) in [7, 11) is -1.68. The van der Waals surface area contributed by atoms with Crippen LogP contribution in [-0.4, -0.2) is 57.4 Å². The van der Waals surface area contributed by atoms with Crippen LogP contribution in [-0.2, 0) is 14.8 Å². The molecule has 110 valence electrons. The molecule has 1 atom stereocenters. The van der Waals surface area contributed by atoms with E-state index in [0.29, 0.717) is 19.7 Å². The van der Waals surface area contributed by atoms with Gasteiger partial charge in [-0.3, -0.25) is 0 Å². The number of rotatable bonds is 10. The summed E-state index contributed by atoms with van der Waals surface area (Å²) in [5, 5.41) is 2.74. The van der Waals surface area contributed by atoms with E-state index in [1.54, 1.807) is 14.0 Å². The normalized spacial score (nSPS) is 14.4. The Morgan fingerprint density at radius 2 is 1.89 bits per heavy atom. The van der Waals surface area contributed by atoms with E-state index >= 15 is 0 Å². The first-order chi connectivity index (χ1) is 8.37. The maximum absolute atomic E-state index is 12.4. The van der Waals surface area contributed by atoms with E-state index in [1.807, 2.05) is 13.8 Å². The molecule has 0 heterocycles. The highest BCUT2D eigenvalue weighted by atomic mass is 32.2. The first-order valence-corrected chi connectivity index (χ1v) is 8.08. The molecule has 0 aliphatic rings. The van der Waals surface area contributed by atoms with Crippen LogP contribution in [0.4, 0.5) is 0 Å². The Kier molecular flexibility index (Phi) is 8.77. The molecule has 0 saturated carbocycles. The molecule has 0 bridgehead atoms. The minimum Gasteiger partial charge on any atom is -0.383 e. The molecule has 18 heavy (non-hydrogen) atoms. The number of ether oxygens (including phenoxy) is 1. The molecule has 1 N–H and O–H groups in total. The van der Waals surface area contributed by atoms with Crippen molar-refractivity contribution < 1.29 is 13.2 Å². The molecular formula is C12H28N2O3S. The number of hydrogen-bond donors (Lipinski definition) is 1. The van der Waals surface area contributed by atoms with Gasteiger partial charge >= 0.3 is 0 Å². The summed E-state index contributed by atoms with van der Waals surface area (Å²) in [5.41, 5.74) is 0. The molecule has 0 aliphatic heterocycles. The monoisotopic (exact) mass is 280 g/mol. The van der Waals surface area contributed by atoms with Gasteiger partial charge in [-0.25, -0.2) is 8.42 Å². The Labute approximate surface area is 112 Å². The molecule has 0 rings (SSSR count). The average Bonchev–Trinajstić information content (AvgIpc) is 2.28. The number of methoxy groups -OCH3 is 1. The number of sulfonamides is 1. The molecule has 0 fully saturated rings. The molecule has 0 aliphatic carbocycles. The molecule has 6 heteroatoms. The second-order valence-corrected chi connectivity index (χ2v) is 7.06. The van der Waals surface area contributed by atoms with Gasteiger partial charge in [0.25, 0.3) is 0 Å². The lowest BCUT2D eigenvalue weighted by molar-refractivity contribution is 0.170. The predicted molar refractivity (Wildman–Crippen MR) is 75.3 cm³/mol. The molecule has 0 aromatic heterocycles. The Morgan fingerprint density at radius 1 is 1.28 bits per heavy atom. The molecule has 0 amide bonds. The summed E-state index contributed by atoms with van der Waals surface area (Å²) in [4.78, 5) is 0. The zero-order valence-electron chi connectivity index (χ0n) is 12.3. The van der Waals surface area contributed by atoms with Crippen molar-refractivity contribution in [2.75, 3.05) is 33.4 Å². The molecular weight excluding hydrogens is 252 g/mol. The van der Waals surface area contributed by atoms with Crippen LogP contribution in [0.25, 0.3) is 0 Å². The van der Waals surface area contributed by atoms with Gasteiger partial charge in [-0.15, -0.1) is 0 Å². The van der Waals surface area contributed by atoms with Crippen molar-refractivity contribution >= 4 is 10.0 Å². The number of nitrogens with zero attached hydrogens (tertiary/aromatic N) is 1. The van der Waals surface area contributed by atoms with Gasteiger partial charge in [0.05, 0.1) is 11.9 Å². The molecule has 0 radical (unpaired) electrons. The lowest BCUT2D eigenvalue weighted by Gasteiger charge is -2.28. The molecule has 0 spiro atoms. The maximum atomic E-state index is 12.4. The smallest absolute Gasteiger partial charge is 0.218 e. The highest BCUT2D eigenvalue weighted by molar-refractivity contribution is 7.89. The van der Waals surface area contributed by atoms with Gasteiger partial charge in [-0.1, -0.05) is 6.92 Å². The summed E-state index contributed by atoms with van der Waals surface area (Å²) in [6.07, 6.45) is 1.00. The first-order valence-electron chi connectivity index (χ1n) is 6.58. The van der Waals surface area contributed by atoms with Gasteiger partial charge < -0.3 is 10.1 Å². The zero-order valence-corrected chi connectivity index (χ0v) is 13.1. The van der Waals surface area contributed by atoms with Crippen LogP contribution in [0, 0.1) is 0 Å². The predicted octanol–water partition coefficient (Wildman–Crippen LogP) is 1.06. The number of nitrogens with one attached hydrogen (secondary N) is 1. The van der Waals surface area contributed by atoms with Crippen LogP contribution in [0.5, 0.6) is 0 Å². The van der Waals surface area contributed by atoms with Crippen LogP contribution >= 0.6 is 0 Å². The fourth-order valence-corrected chi connectivity index (χ4v) is 3.39. The van der Waals surface area contributed by atoms with Crippen molar-refractivity contribution in [3.05, 3.63) is 0 Å². The summed E-state index contributed by atoms with van der Waals surface area (Å²) in [6.45, 7) is 9.76. The minimum atomic E-state index is -3.26. The van der Waals surface area contributed by atoms with Gasteiger partial charge in [0.15, 0.2) is 0 Å². The number of hydrogen-bond acceptors (Lipinski definition) is 4. The summed E-state index contributed by atoms with van der Waals surface area (Å²) in [5.74, 6) is 0. The molecule has 0 aromatic rings. The summed E-state index contributed by atoms with van der Waals surface area (Å²) < 4.78 is 31.3. The molecule has 0 saturated heterocycles. The second-order valence-electron chi connectivity index (χ2n) is 4.76. The van der Waals surface area contributed by atoms with Gasteiger partial charge in [0, 0.05) is 26.2 Å². The lowest BCUT2D eigenvalue weighted by atomic mass is 10.4. The van der Waals surface area contributed by atoms with Crippen molar-refractivity contribution in [1.29, 1.82) is 0 Å². The molecule has 0 aromatic carbocycles. The first kappa shape index (κ1) is 17.8. The second kappa shape index (κ2) is 8.85. The Bertz CT molecular complexity index is 304. The summed E-state index contributed by atoms with van der Waals surface area (Å²) >= 11 is 0. The summed E-state index contributed by atoms with van der Waals surface area (Å²) in [6, 6.07) is -0.0428. The van der Waals surface area contributed by atoms with Gasteiger partial charge in [-0.2, -0.15) is 4.31 Å². The fourth-order valence-electron chi connectivity index (χ4n) is 1.68. The Morgan fingerprint density at radius 3 is 2.33 bits per heavy atom. The van der Waals surface area contributed by atoms with Crippen molar-refractivity contribution in [2.45, 2.75) is 45.4 Å². The van der Waals surface area contributed by atoms with Crippen LogP contribution in [0.15, 0.2) is 0 Å². The lowest BCUT2D eigenvalue weighted by Crippen LogP contribution is -2.46. The van der Waals surface area contributed by atoms with Crippen molar-refractivity contribution in [3.8, 4) is 0 Å². The quantitative estimate of drug-likeness (QED) is 0.608.